The van der Waals surface area contributed by atoms with Crippen LogP contribution >= 0.6 is 15.9 Å². The van der Waals surface area contributed by atoms with Gasteiger partial charge in [-0.2, -0.15) is 0 Å². The minimum absolute atomic E-state index is 0.0874. The van der Waals surface area contributed by atoms with Crippen molar-refractivity contribution >= 4 is 39.1 Å². The van der Waals surface area contributed by atoms with Gasteiger partial charge in [0.2, 0.25) is 5.91 Å². The van der Waals surface area contributed by atoms with Crippen molar-refractivity contribution in [3.63, 3.8) is 0 Å². The van der Waals surface area contributed by atoms with E-state index in [1.165, 1.54) is 12.0 Å². The van der Waals surface area contributed by atoms with Gasteiger partial charge in [0.05, 0.1) is 32.0 Å². The maximum absolute atomic E-state index is 12.7. The number of carbonyl (C=O) groups excluding carboxylic acids is 2. The number of hydrogen-bond acceptors (Lipinski definition) is 5. The predicted octanol–water partition coefficient (Wildman–Crippen LogP) is 3.21. The highest BCUT2D eigenvalue weighted by atomic mass is 79.9. The van der Waals surface area contributed by atoms with Crippen LogP contribution in [0.2, 0.25) is 0 Å². The van der Waals surface area contributed by atoms with E-state index in [-0.39, 0.29) is 18.2 Å². The molecule has 2 aromatic carbocycles. The van der Waals surface area contributed by atoms with Gasteiger partial charge in [-0.25, -0.2) is 4.90 Å². The number of halogens is 1. The first-order valence-electron chi connectivity index (χ1n) is 7.64. The van der Waals surface area contributed by atoms with Crippen molar-refractivity contribution in [3.8, 4) is 11.5 Å². The lowest BCUT2D eigenvalue weighted by atomic mass is 10.2. The van der Waals surface area contributed by atoms with Gasteiger partial charge in [-0.3, -0.25) is 9.59 Å². The fourth-order valence-electron chi connectivity index (χ4n) is 2.71. The number of benzene rings is 2. The zero-order valence-electron chi connectivity index (χ0n) is 13.8. The van der Waals surface area contributed by atoms with Gasteiger partial charge < -0.3 is 14.8 Å². The van der Waals surface area contributed by atoms with E-state index in [9.17, 15) is 9.59 Å². The number of nitrogens with one attached hydrogen (secondary N) is 1. The lowest BCUT2D eigenvalue weighted by Gasteiger charge is -2.17. The molecule has 0 aromatic heterocycles. The summed E-state index contributed by atoms with van der Waals surface area (Å²) in [5, 5.41) is 3.10. The smallest absolute Gasteiger partial charge is 0.256 e. The summed E-state index contributed by atoms with van der Waals surface area (Å²) >= 11 is 3.34. The minimum Gasteiger partial charge on any atom is -0.497 e. The molecule has 0 spiro atoms. The van der Waals surface area contributed by atoms with Gasteiger partial charge in [-0.15, -0.1) is 0 Å². The molecule has 0 saturated carbocycles. The summed E-state index contributed by atoms with van der Waals surface area (Å²) in [5.74, 6) is 0.664. The number of carbonyl (C=O) groups is 2. The minimum atomic E-state index is -0.640. The monoisotopic (exact) mass is 404 g/mol. The van der Waals surface area contributed by atoms with Gasteiger partial charge in [0.25, 0.3) is 5.91 Å². The van der Waals surface area contributed by atoms with Gasteiger partial charge in [0.15, 0.2) is 0 Å². The Morgan fingerprint density at radius 3 is 2.44 bits per heavy atom. The van der Waals surface area contributed by atoms with E-state index < -0.39 is 6.04 Å². The molecular formula is C18H17BrN2O4. The lowest BCUT2D eigenvalue weighted by Crippen LogP contribution is -2.34. The Morgan fingerprint density at radius 2 is 1.80 bits per heavy atom. The van der Waals surface area contributed by atoms with Crippen molar-refractivity contribution in [2.75, 3.05) is 24.4 Å². The summed E-state index contributed by atoms with van der Waals surface area (Å²) in [7, 11) is 3.10. The fraction of sp³-hybridized carbons (Fsp3) is 0.222. The molecule has 3 rings (SSSR count). The summed E-state index contributed by atoms with van der Waals surface area (Å²) in [5.41, 5.74) is 1.19. The molecule has 1 atom stereocenters. The van der Waals surface area contributed by atoms with E-state index in [0.29, 0.717) is 22.9 Å². The zero-order valence-corrected chi connectivity index (χ0v) is 15.4. The number of methoxy groups -OCH3 is 2. The number of nitrogens with zero attached hydrogens (tertiary/aromatic N) is 1. The van der Waals surface area contributed by atoms with Crippen molar-refractivity contribution in [2.24, 2.45) is 0 Å². The number of hydrogen-bond donors (Lipinski definition) is 1. The molecular weight excluding hydrogens is 388 g/mol. The van der Waals surface area contributed by atoms with Crippen LogP contribution in [0.1, 0.15) is 6.42 Å². The highest BCUT2D eigenvalue weighted by Gasteiger charge is 2.39. The van der Waals surface area contributed by atoms with Crippen molar-refractivity contribution in [1.82, 2.24) is 0 Å². The third-order valence-electron chi connectivity index (χ3n) is 3.97. The Bertz CT molecular complexity index is 807. The first-order chi connectivity index (χ1) is 12.0. The predicted molar refractivity (Wildman–Crippen MR) is 98.2 cm³/mol. The maximum Gasteiger partial charge on any atom is 0.256 e. The topological polar surface area (TPSA) is 67.9 Å². The Hall–Kier alpha value is -2.54. The molecule has 0 radical (unpaired) electrons. The van der Waals surface area contributed by atoms with Crippen molar-refractivity contribution in [1.29, 1.82) is 0 Å². The number of ether oxygens (including phenoxy) is 2. The van der Waals surface area contributed by atoms with E-state index in [2.05, 4.69) is 21.2 Å². The van der Waals surface area contributed by atoms with Crippen LogP contribution in [0.3, 0.4) is 0 Å². The largest absolute Gasteiger partial charge is 0.497 e. The SMILES string of the molecule is COc1ccc(N[C@H]2CC(=O)N(c3ccc(Br)cc3)C2=O)c(OC)c1. The quantitative estimate of drug-likeness (QED) is 0.774. The zero-order chi connectivity index (χ0) is 18.0. The van der Waals surface area contributed by atoms with E-state index in [0.717, 1.165) is 4.47 Å². The van der Waals surface area contributed by atoms with Crippen molar-refractivity contribution in [3.05, 3.63) is 46.9 Å². The Balaban J connectivity index is 1.82. The van der Waals surface area contributed by atoms with E-state index >= 15 is 0 Å². The van der Waals surface area contributed by atoms with E-state index in [1.54, 1.807) is 49.6 Å². The second-order valence-corrected chi connectivity index (χ2v) is 6.43. The summed E-state index contributed by atoms with van der Waals surface area (Å²) in [6, 6.07) is 11.7. The highest BCUT2D eigenvalue weighted by Crippen LogP contribution is 2.32. The number of amides is 2. The Labute approximate surface area is 153 Å². The van der Waals surface area contributed by atoms with Gasteiger partial charge in [-0.1, -0.05) is 15.9 Å². The molecule has 7 heteroatoms. The molecule has 2 amide bonds. The molecule has 2 aromatic rings. The second-order valence-electron chi connectivity index (χ2n) is 5.51. The standard InChI is InChI=1S/C18H17BrN2O4/c1-24-13-7-8-14(16(9-13)25-2)20-15-10-17(22)21(18(15)23)12-5-3-11(19)4-6-12/h3-9,15,20H,10H2,1-2H3/t15-/m0/s1. The van der Waals surface area contributed by atoms with Crippen LogP contribution in [0, 0.1) is 0 Å². The lowest BCUT2D eigenvalue weighted by molar-refractivity contribution is -0.121. The molecule has 1 aliphatic rings. The molecule has 1 aliphatic heterocycles. The molecule has 25 heavy (non-hydrogen) atoms. The number of anilines is 2. The summed E-state index contributed by atoms with van der Waals surface area (Å²) < 4.78 is 11.4. The summed E-state index contributed by atoms with van der Waals surface area (Å²) in [4.78, 5) is 26.2. The third kappa shape index (κ3) is 3.46. The molecule has 0 unspecified atom stereocenters. The van der Waals surface area contributed by atoms with Crippen LogP contribution in [0.25, 0.3) is 0 Å². The normalized spacial score (nSPS) is 16.9. The van der Waals surface area contributed by atoms with Crippen LogP contribution in [-0.2, 0) is 9.59 Å². The first-order valence-corrected chi connectivity index (χ1v) is 8.43. The van der Waals surface area contributed by atoms with Gasteiger partial charge >= 0.3 is 0 Å². The number of imide groups is 1. The highest BCUT2D eigenvalue weighted by molar-refractivity contribution is 9.10. The maximum atomic E-state index is 12.7. The average molecular weight is 405 g/mol. The fourth-order valence-corrected chi connectivity index (χ4v) is 2.98. The van der Waals surface area contributed by atoms with Gasteiger partial charge in [-0.05, 0) is 36.4 Å². The average Bonchev–Trinajstić information content (AvgIpc) is 2.90. The van der Waals surface area contributed by atoms with Crippen LogP contribution in [0.5, 0.6) is 11.5 Å². The molecule has 1 heterocycles. The van der Waals surface area contributed by atoms with Crippen LogP contribution in [-0.4, -0.2) is 32.1 Å². The van der Waals surface area contributed by atoms with Gasteiger partial charge in [0.1, 0.15) is 17.5 Å². The van der Waals surface area contributed by atoms with Crippen molar-refractivity contribution in [2.45, 2.75) is 12.5 Å². The molecule has 130 valence electrons. The summed E-state index contributed by atoms with van der Waals surface area (Å²) in [6.07, 6.45) is 0.0874. The molecule has 1 fully saturated rings. The Kier molecular flexibility index (Phi) is 4.94. The molecule has 0 bridgehead atoms. The second kappa shape index (κ2) is 7.14. The van der Waals surface area contributed by atoms with E-state index in [4.69, 9.17) is 9.47 Å². The third-order valence-corrected chi connectivity index (χ3v) is 4.50. The van der Waals surface area contributed by atoms with Crippen LogP contribution in [0.4, 0.5) is 11.4 Å². The van der Waals surface area contributed by atoms with Crippen LogP contribution in [0.15, 0.2) is 46.9 Å². The van der Waals surface area contributed by atoms with Gasteiger partial charge in [0, 0.05) is 10.5 Å². The molecule has 0 aliphatic carbocycles. The van der Waals surface area contributed by atoms with Crippen molar-refractivity contribution < 1.29 is 19.1 Å². The summed E-state index contributed by atoms with van der Waals surface area (Å²) in [6.45, 7) is 0. The van der Waals surface area contributed by atoms with E-state index in [1.807, 2.05) is 0 Å². The first kappa shape index (κ1) is 17.3. The molecule has 6 nitrogen and oxygen atoms in total. The Morgan fingerprint density at radius 1 is 1.08 bits per heavy atom. The molecule has 1 saturated heterocycles. The number of rotatable bonds is 5. The van der Waals surface area contributed by atoms with Crippen LogP contribution < -0.4 is 19.7 Å². The molecule has 1 N–H and O–H groups in total.